The fraction of sp³-hybridized carbons (Fsp3) is 0.500. The van der Waals surface area contributed by atoms with E-state index in [0.717, 1.165) is 23.2 Å². The van der Waals surface area contributed by atoms with Crippen LogP contribution in [0.15, 0.2) is 30.6 Å². The van der Waals surface area contributed by atoms with Gasteiger partial charge in [0.15, 0.2) is 0 Å². The summed E-state index contributed by atoms with van der Waals surface area (Å²) in [5, 5.41) is 8.33. The molecular formula is C24H28F3N5O3. The molecule has 0 unspecified atom stereocenters. The van der Waals surface area contributed by atoms with Crippen molar-refractivity contribution in [1.82, 2.24) is 20.6 Å². The maximum absolute atomic E-state index is 12.4. The van der Waals surface area contributed by atoms with E-state index in [-0.39, 0.29) is 17.9 Å². The number of fused-ring (bicyclic) bond motifs is 1. The van der Waals surface area contributed by atoms with Gasteiger partial charge in [-0.1, -0.05) is 0 Å². The van der Waals surface area contributed by atoms with Gasteiger partial charge in [0.2, 0.25) is 5.95 Å². The highest BCUT2D eigenvalue weighted by atomic mass is 19.4. The highest BCUT2D eigenvalue weighted by molar-refractivity contribution is 6.00. The number of nitrogens with zero attached hydrogens (tertiary/aromatic N) is 2. The van der Waals surface area contributed by atoms with Crippen molar-refractivity contribution < 1.29 is 27.5 Å². The van der Waals surface area contributed by atoms with Gasteiger partial charge < -0.3 is 20.7 Å². The average molecular weight is 492 g/mol. The summed E-state index contributed by atoms with van der Waals surface area (Å²) in [6, 6.07) is 4.43. The molecule has 0 spiro atoms. The van der Waals surface area contributed by atoms with Gasteiger partial charge in [0.1, 0.15) is 6.10 Å². The van der Waals surface area contributed by atoms with Crippen LogP contribution in [0.1, 0.15) is 73.9 Å². The lowest BCUT2D eigenvalue weighted by atomic mass is 9.94. The summed E-state index contributed by atoms with van der Waals surface area (Å²) < 4.78 is 42.6. The monoisotopic (exact) mass is 491 g/mol. The number of rotatable bonds is 6. The van der Waals surface area contributed by atoms with Gasteiger partial charge in [-0.2, -0.15) is 13.2 Å². The first kappa shape index (κ1) is 24.7. The van der Waals surface area contributed by atoms with Gasteiger partial charge in [-0.25, -0.2) is 14.8 Å². The topological polar surface area (TPSA) is 105 Å². The molecule has 1 saturated carbocycles. The molecule has 11 heteroatoms. The number of halogens is 3. The Morgan fingerprint density at radius 3 is 2.66 bits per heavy atom. The third kappa shape index (κ3) is 6.01. The van der Waals surface area contributed by atoms with Crippen molar-refractivity contribution in [3.05, 3.63) is 47.3 Å². The van der Waals surface area contributed by atoms with Gasteiger partial charge in [-0.05, 0) is 75.3 Å². The summed E-state index contributed by atoms with van der Waals surface area (Å²) in [5.74, 6) is 0.407. The first-order valence-electron chi connectivity index (χ1n) is 11.5. The first-order valence-corrected chi connectivity index (χ1v) is 11.5. The Kier molecular flexibility index (Phi) is 6.61. The average Bonchev–Trinajstić information content (AvgIpc) is 3.29. The standard InChI is InChI=1S/C24H28F3N5O3/c1-13(10-24(25,26)27)30-22(34)35-17-6-4-14(8-17)15-11-28-21(29-12-15)31-16-5-7-18-19(9-16)23(2,3)32-20(18)33/h5,7,9,11-14,17H,4,6,8,10H2,1-3H3,(H,30,34)(H,32,33)(H,28,29,31)/t13-,14+,17-/m0/s1. The molecule has 3 N–H and O–H groups in total. The van der Waals surface area contributed by atoms with E-state index in [4.69, 9.17) is 4.74 Å². The normalized spacial score (nSPS) is 21.7. The van der Waals surface area contributed by atoms with Gasteiger partial charge in [0.25, 0.3) is 5.91 Å². The third-order valence-electron chi connectivity index (χ3n) is 6.32. The van der Waals surface area contributed by atoms with Gasteiger partial charge in [0, 0.05) is 29.7 Å². The third-order valence-corrected chi connectivity index (χ3v) is 6.32. The van der Waals surface area contributed by atoms with Crippen molar-refractivity contribution in [2.75, 3.05) is 5.32 Å². The number of amides is 2. The van der Waals surface area contributed by atoms with E-state index in [1.54, 1.807) is 24.5 Å². The fourth-order valence-electron chi connectivity index (χ4n) is 4.63. The van der Waals surface area contributed by atoms with Crippen molar-refractivity contribution in [1.29, 1.82) is 0 Å². The van der Waals surface area contributed by atoms with E-state index in [2.05, 4.69) is 25.9 Å². The van der Waals surface area contributed by atoms with E-state index in [0.29, 0.717) is 24.4 Å². The van der Waals surface area contributed by atoms with Gasteiger partial charge >= 0.3 is 12.3 Å². The molecule has 2 aliphatic rings. The molecule has 2 amide bonds. The lowest BCUT2D eigenvalue weighted by molar-refractivity contribution is -0.138. The van der Waals surface area contributed by atoms with Crippen molar-refractivity contribution >= 4 is 23.6 Å². The highest BCUT2D eigenvalue weighted by Gasteiger charge is 2.35. The Labute approximate surface area is 201 Å². The van der Waals surface area contributed by atoms with Crippen LogP contribution in [-0.4, -0.2) is 40.3 Å². The predicted molar refractivity (Wildman–Crippen MR) is 122 cm³/mol. The van der Waals surface area contributed by atoms with Gasteiger partial charge in [-0.3, -0.25) is 4.79 Å². The van der Waals surface area contributed by atoms with Gasteiger partial charge in [0.05, 0.1) is 12.0 Å². The molecular weight excluding hydrogens is 463 g/mol. The Bertz CT molecular complexity index is 1100. The first-order chi connectivity index (χ1) is 16.4. The van der Waals surface area contributed by atoms with Crippen LogP contribution >= 0.6 is 0 Å². The Morgan fingerprint density at radius 1 is 1.26 bits per heavy atom. The van der Waals surface area contributed by atoms with Crippen LogP contribution < -0.4 is 16.0 Å². The van der Waals surface area contributed by atoms with Crippen LogP contribution in [0.25, 0.3) is 0 Å². The molecule has 1 aromatic heterocycles. The minimum absolute atomic E-state index is 0.0901. The maximum Gasteiger partial charge on any atom is 0.407 e. The van der Waals surface area contributed by atoms with Crippen LogP contribution in [0.3, 0.4) is 0 Å². The van der Waals surface area contributed by atoms with E-state index in [9.17, 15) is 22.8 Å². The highest BCUT2D eigenvalue weighted by Crippen LogP contribution is 2.36. The number of anilines is 2. The van der Waals surface area contributed by atoms with Crippen molar-refractivity contribution in [3.63, 3.8) is 0 Å². The number of ether oxygens (including phenoxy) is 1. The number of benzene rings is 1. The lowest BCUT2D eigenvalue weighted by Crippen LogP contribution is -2.37. The Morgan fingerprint density at radius 2 is 1.97 bits per heavy atom. The number of hydrogen-bond acceptors (Lipinski definition) is 6. The van der Waals surface area contributed by atoms with E-state index < -0.39 is 30.3 Å². The minimum Gasteiger partial charge on any atom is -0.446 e. The van der Waals surface area contributed by atoms with Crippen molar-refractivity contribution in [2.45, 2.75) is 76.2 Å². The number of hydrogen-bond donors (Lipinski definition) is 3. The summed E-state index contributed by atoms with van der Waals surface area (Å²) in [6.07, 6.45) is -1.30. The maximum atomic E-state index is 12.4. The van der Waals surface area contributed by atoms with Crippen LogP contribution in [0.5, 0.6) is 0 Å². The number of aromatic nitrogens is 2. The number of carbonyl (C=O) groups excluding carboxylic acids is 2. The van der Waals surface area contributed by atoms with Crippen molar-refractivity contribution in [2.24, 2.45) is 0 Å². The van der Waals surface area contributed by atoms with Crippen LogP contribution in [0, 0.1) is 0 Å². The SMILES string of the molecule is C[C@@H](CC(F)(F)F)NC(=O)O[C@H]1CC[C@@H](c2cnc(Nc3ccc4c(c3)C(C)(C)NC4=O)nc2)C1. The smallest absolute Gasteiger partial charge is 0.407 e. The minimum atomic E-state index is -4.35. The molecule has 2 aromatic rings. The Hall–Kier alpha value is -3.37. The number of carbonyl (C=O) groups is 2. The summed E-state index contributed by atoms with van der Waals surface area (Å²) in [6.45, 7) is 5.17. The second-order valence-corrected chi connectivity index (χ2v) is 9.71. The second kappa shape index (κ2) is 9.35. The summed E-state index contributed by atoms with van der Waals surface area (Å²) in [4.78, 5) is 32.8. The van der Waals surface area contributed by atoms with E-state index in [1.165, 1.54) is 6.92 Å². The van der Waals surface area contributed by atoms with Crippen LogP contribution in [0.4, 0.5) is 29.6 Å². The lowest BCUT2D eigenvalue weighted by Gasteiger charge is -2.19. The molecule has 0 bridgehead atoms. The number of alkyl halides is 3. The molecule has 0 radical (unpaired) electrons. The Balaban J connectivity index is 1.31. The number of nitrogens with one attached hydrogen (secondary N) is 3. The summed E-state index contributed by atoms with van der Waals surface area (Å²) >= 11 is 0. The molecule has 1 aliphatic carbocycles. The van der Waals surface area contributed by atoms with E-state index in [1.807, 2.05) is 19.9 Å². The predicted octanol–water partition coefficient (Wildman–Crippen LogP) is 4.90. The molecule has 0 saturated heterocycles. The quantitative estimate of drug-likeness (QED) is 0.531. The van der Waals surface area contributed by atoms with Crippen molar-refractivity contribution in [3.8, 4) is 0 Å². The molecule has 188 valence electrons. The zero-order chi connectivity index (χ0) is 25.4. The fourth-order valence-corrected chi connectivity index (χ4v) is 4.63. The molecule has 1 fully saturated rings. The molecule has 2 heterocycles. The zero-order valence-electron chi connectivity index (χ0n) is 19.7. The number of alkyl carbamates (subject to hydrolysis) is 1. The second-order valence-electron chi connectivity index (χ2n) is 9.71. The summed E-state index contributed by atoms with van der Waals surface area (Å²) in [5.41, 5.74) is 2.76. The summed E-state index contributed by atoms with van der Waals surface area (Å²) in [7, 11) is 0. The molecule has 35 heavy (non-hydrogen) atoms. The molecule has 4 rings (SSSR count). The largest absolute Gasteiger partial charge is 0.446 e. The molecule has 8 nitrogen and oxygen atoms in total. The molecule has 1 aromatic carbocycles. The molecule has 3 atom stereocenters. The zero-order valence-corrected chi connectivity index (χ0v) is 19.7. The molecule has 1 aliphatic heterocycles. The van der Waals surface area contributed by atoms with Crippen LogP contribution in [0.2, 0.25) is 0 Å². The van der Waals surface area contributed by atoms with E-state index >= 15 is 0 Å². The van der Waals surface area contributed by atoms with Gasteiger partial charge in [-0.15, -0.1) is 0 Å². The van der Waals surface area contributed by atoms with Crippen LogP contribution in [-0.2, 0) is 10.3 Å².